The van der Waals surface area contributed by atoms with Crippen LogP contribution >= 0.6 is 12.4 Å². The van der Waals surface area contributed by atoms with Crippen molar-refractivity contribution in [3.8, 4) is 11.1 Å². The molecule has 0 amide bonds. The lowest BCUT2D eigenvalue weighted by Gasteiger charge is -2.12. The molecule has 6 N–H and O–H groups in total. The summed E-state index contributed by atoms with van der Waals surface area (Å²) in [5, 5.41) is 0. The molecule has 0 saturated heterocycles. The van der Waals surface area contributed by atoms with Crippen LogP contribution in [-0.4, -0.2) is 5.48 Å². The number of hydrogen-bond acceptors (Lipinski definition) is 2. The van der Waals surface area contributed by atoms with Gasteiger partial charge in [-0.2, -0.15) is 0 Å². The zero-order chi connectivity index (χ0) is 13.4. The number of hydrogen-bond donors (Lipinski definition) is 2. The molecular weight excluding hydrogens is 272 g/mol. The minimum atomic E-state index is 0. The Morgan fingerprint density at radius 2 is 0.800 bits per heavy atom. The third-order valence-corrected chi connectivity index (χ3v) is 3.52. The van der Waals surface area contributed by atoms with E-state index in [4.69, 9.17) is 11.5 Å². The van der Waals surface area contributed by atoms with E-state index in [9.17, 15) is 0 Å². The molecule has 0 radical (unpaired) electrons. The first kappa shape index (κ1) is 18.3. The van der Waals surface area contributed by atoms with E-state index in [1.54, 1.807) is 0 Å². The summed E-state index contributed by atoms with van der Waals surface area (Å²) in [4.78, 5) is 0. The fraction of sp³-hybridized carbons (Fsp3) is 0.250. The SMILES string of the molecule is Cc1cc(-c2cc(C)c(N)c(C)c2)cc(C)c1N.Cl.O. The van der Waals surface area contributed by atoms with E-state index in [0.29, 0.717) is 0 Å². The Balaban J connectivity index is 0.00000180. The van der Waals surface area contributed by atoms with Gasteiger partial charge in [0, 0.05) is 11.4 Å². The van der Waals surface area contributed by atoms with Gasteiger partial charge in [0.15, 0.2) is 0 Å². The highest BCUT2D eigenvalue weighted by molar-refractivity contribution is 5.85. The molecule has 0 unspecified atom stereocenters. The molecule has 3 nitrogen and oxygen atoms in total. The van der Waals surface area contributed by atoms with Crippen LogP contribution in [0.5, 0.6) is 0 Å². The molecular formula is C16H23ClN2O. The van der Waals surface area contributed by atoms with Gasteiger partial charge in [0.25, 0.3) is 0 Å². The fourth-order valence-corrected chi connectivity index (χ4v) is 2.28. The van der Waals surface area contributed by atoms with Crippen molar-refractivity contribution in [3.63, 3.8) is 0 Å². The molecule has 2 aromatic rings. The van der Waals surface area contributed by atoms with Gasteiger partial charge in [0.05, 0.1) is 0 Å². The van der Waals surface area contributed by atoms with Crippen molar-refractivity contribution in [2.45, 2.75) is 27.7 Å². The van der Waals surface area contributed by atoms with Gasteiger partial charge in [0.2, 0.25) is 0 Å². The summed E-state index contributed by atoms with van der Waals surface area (Å²) in [6.45, 7) is 8.18. The lowest BCUT2D eigenvalue weighted by atomic mass is 9.95. The molecule has 0 aliphatic heterocycles. The number of anilines is 2. The van der Waals surface area contributed by atoms with Crippen LogP contribution in [0.2, 0.25) is 0 Å². The van der Waals surface area contributed by atoms with E-state index in [1.807, 2.05) is 27.7 Å². The second-order valence-corrected chi connectivity index (χ2v) is 5.05. The molecule has 0 fully saturated rings. The van der Waals surface area contributed by atoms with Crippen LogP contribution in [0.3, 0.4) is 0 Å². The van der Waals surface area contributed by atoms with Gasteiger partial charge in [-0.1, -0.05) is 0 Å². The first-order valence-corrected chi connectivity index (χ1v) is 6.14. The third kappa shape index (κ3) is 3.24. The highest BCUT2D eigenvalue weighted by Crippen LogP contribution is 2.30. The molecule has 0 saturated carbocycles. The van der Waals surface area contributed by atoms with Crippen molar-refractivity contribution >= 4 is 23.8 Å². The second-order valence-electron chi connectivity index (χ2n) is 5.05. The lowest BCUT2D eigenvalue weighted by Crippen LogP contribution is -1.97. The van der Waals surface area contributed by atoms with Crippen LogP contribution in [0.4, 0.5) is 11.4 Å². The van der Waals surface area contributed by atoms with Crippen LogP contribution in [0.25, 0.3) is 11.1 Å². The average molecular weight is 295 g/mol. The van der Waals surface area contributed by atoms with Crippen LogP contribution in [0.1, 0.15) is 22.3 Å². The van der Waals surface area contributed by atoms with E-state index in [-0.39, 0.29) is 17.9 Å². The number of rotatable bonds is 1. The molecule has 0 spiro atoms. The lowest BCUT2D eigenvalue weighted by molar-refractivity contribution is 0.824. The summed E-state index contributed by atoms with van der Waals surface area (Å²) in [5.74, 6) is 0. The van der Waals surface area contributed by atoms with E-state index < -0.39 is 0 Å². The van der Waals surface area contributed by atoms with Crippen molar-refractivity contribution < 1.29 is 5.48 Å². The summed E-state index contributed by atoms with van der Waals surface area (Å²) in [6, 6.07) is 8.53. The number of aryl methyl sites for hydroxylation is 4. The minimum Gasteiger partial charge on any atom is -0.412 e. The molecule has 2 aromatic carbocycles. The Labute approximate surface area is 126 Å². The van der Waals surface area contributed by atoms with Crippen LogP contribution in [0, 0.1) is 27.7 Å². The van der Waals surface area contributed by atoms with Gasteiger partial charge in [-0.05, 0) is 85.3 Å². The van der Waals surface area contributed by atoms with E-state index in [2.05, 4.69) is 24.3 Å². The van der Waals surface area contributed by atoms with Gasteiger partial charge in [0.1, 0.15) is 0 Å². The molecule has 0 heterocycles. The van der Waals surface area contributed by atoms with Gasteiger partial charge in [-0.3, -0.25) is 0 Å². The number of benzene rings is 2. The van der Waals surface area contributed by atoms with E-state index >= 15 is 0 Å². The maximum absolute atomic E-state index is 5.99. The molecule has 110 valence electrons. The zero-order valence-electron chi connectivity index (χ0n) is 12.4. The summed E-state index contributed by atoms with van der Waals surface area (Å²) in [7, 11) is 0. The number of nitrogen functional groups attached to an aromatic ring is 2. The van der Waals surface area contributed by atoms with Crippen molar-refractivity contribution in [1.29, 1.82) is 0 Å². The van der Waals surface area contributed by atoms with Gasteiger partial charge < -0.3 is 16.9 Å². The summed E-state index contributed by atoms with van der Waals surface area (Å²) < 4.78 is 0. The number of halogens is 1. The predicted molar refractivity (Wildman–Crippen MR) is 90.5 cm³/mol. The second kappa shape index (κ2) is 6.64. The van der Waals surface area contributed by atoms with Crippen molar-refractivity contribution in [2.75, 3.05) is 11.5 Å². The van der Waals surface area contributed by atoms with Crippen molar-refractivity contribution in [2.24, 2.45) is 0 Å². The van der Waals surface area contributed by atoms with Gasteiger partial charge >= 0.3 is 0 Å². The molecule has 0 bridgehead atoms. The first-order valence-electron chi connectivity index (χ1n) is 6.14. The van der Waals surface area contributed by atoms with Crippen LogP contribution in [0.15, 0.2) is 24.3 Å². The van der Waals surface area contributed by atoms with Gasteiger partial charge in [-0.15, -0.1) is 12.4 Å². The third-order valence-electron chi connectivity index (χ3n) is 3.52. The fourth-order valence-electron chi connectivity index (χ4n) is 2.28. The van der Waals surface area contributed by atoms with E-state index in [1.165, 1.54) is 11.1 Å². The molecule has 2 rings (SSSR count). The molecule has 0 aliphatic rings. The summed E-state index contributed by atoms with van der Waals surface area (Å²) in [6.07, 6.45) is 0. The quantitative estimate of drug-likeness (QED) is 0.791. The van der Waals surface area contributed by atoms with Gasteiger partial charge in [-0.25, -0.2) is 0 Å². The highest BCUT2D eigenvalue weighted by atomic mass is 35.5. The Bertz CT molecular complexity index is 522. The normalized spacial score (nSPS) is 9.60. The Hall–Kier alpha value is -1.71. The van der Waals surface area contributed by atoms with Crippen LogP contribution < -0.4 is 11.5 Å². The largest absolute Gasteiger partial charge is 0.412 e. The van der Waals surface area contributed by atoms with Crippen LogP contribution in [-0.2, 0) is 0 Å². The molecule has 0 aromatic heterocycles. The monoisotopic (exact) mass is 294 g/mol. The summed E-state index contributed by atoms with van der Waals surface area (Å²) in [5.41, 5.74) is 20.6. The minimum absolute atomic E-state index is 0. The van der Waals surface area contributed by atoms with Crippen molar-refractivity contribution in [3.05, 3.63) is 46.5 Å². The molecule has 0 atom stereocenters. The predicted octanol–water partition coefficient (Wildman–Crippen LogP) is 3.35. The van der Waals surface area contributed by atoms with E-state index in [0.717, 1.165) is 33.6 Å². The highest BCUT2D eigenvalue weighted by Gasteiger charge is 2.07. The topological polar surface area (TPSA) is 83.5 Å². The maximum atomic E-state index is 5.99. The standard InChI is InChI=1S/C16H20N2.ClH.H2O/c1-9-5-13(6-10(2)15(9)17)14-7-11(3)16(18)12(4)8-14;;/h5-8H,17-18H2,1-4H3;1H;1H2. The molecule has 0 aliphatic carbocycles. The zero-order valence-corrected chi connectivity index (χ0v) is 13.2. The average Bonchev–Trinajstić information content (AvgIpc) is 2.31. The smallest absolute Gasteiger partial charge is 0.0373 e. The Morgan fingerprint density at radius 3 is 1.00 bits per heavy atom. The Kier molecular flexibility index (Phi) is 6.07. The first-order chi connectivity index (χ1) is 8.40. The molecule has 4 heteroatoms. The molecule has 20 heavy (non-hydrogen) atoms. The number of nitrogens with two attached hydrogens (primary N) is 2. The maximum Gasteiger partial charge on any atom is 0.0373 e. The Morgan fingerprint density at radius 1 is 0.600 bits per heavy atom. The summed E-state index contributed by atoms with van der Waals surface area (Å²) >= 11 is 0. The van der Waals surface area contributed by atoms with Crippen molar-refractivity contribution in [1.82, 2.24) is 0 Å².